The predicted molar refractivity (Wildman–Crippen MR) is 55.1 cm³/mol. The van der Waals surface area contributed by atoms with Crippen molar-refractivity contribution in [1.82, 2.24) is 4.57 Å². The SMILES string of the molecule is FC(F)(F)[C@@H]1C[C@H]1n1ccc2ccccc21. The lowest BCUT2D eigenvalue weighted by Crippen LogP contribution is -2.13. The molecule has 1 aliphatic carbocycles. The second-order valence-corrected chi connectivity index (χ2v) is 4.23. The lowest BCUT2D eigenvalue weighted by atomic mass is 10.2. The van der Waals surface area contributed by atoms with E-state index >= 15 is 0 Å². The van der Waals surface area contributed by atoms with Crippen molar-refractivity contribution in [2.24, 2.45) is 5.92 Å². The number of benzene rings is 1. The molecule has 0 amide bonds. The average molecular weight is 225 g/mol. The van der Waals surface area contributed by atoms with Crippen LogP contribution in [0, 0.1) is 5.92 Å². The highest BCUT2D eigenvalue weighted by Crippen LogP contribution is 2.54. The first kappa shape index (κ1) is 9.75. The molecule has 0 spiro atoms. The van der Waals surface area contributed by atoms with E-state index in [2.05, 4.69) is 0 Å². The molecule has 0 bridgehead atoms. The molecule has 1 nitrogen and oxygen atoms in total. The number of hydrogen-bond donors (Lipinski definition) is 0. The fourth-order valence-electron chi connectivity index (χ4n) is 2.23. The Morgan fingerprint density at radius 3 is 2.56 bits per heavy atom. The minimum atomic E-state index is -4.06. The topological polar surface area (TPSA) is 4.93 Å². The van der Waals surface area contributed by atoms with E-state index in [0.717, 1.165) is 10.9 Å². The summed E-state index contributed by atoms with van der Waals surface area (Å²) >= 11 is 0. The van der Waals surface area contributed by atoms with Gasteiger partial charge in [-0.25, -0.2) is 0 Å². The van der Waals surface area contributed by atoms with Gasteiger partial charge >= 0.3 is 6.18 Å². The smallest absolute Gasteiger partial charge is 0.344 e. The summed E-state index contributed by atoms with van der Waals surface area (Å²) in [5.41, 5.74) is 0.888. The molecule has 16 heavy (non-hydrogen) atoms. The van der Waals surface area contributed by atoms with E-state index in [0.29, 0.717) is 0 Å². The summed E-state index contributed by atoms with van der Waals surface area (Å²) in [4.78, 5) is 0. The van der Waals surface area contributed by atoms with Crippen LogP contribution < -0.4 is 0 Å². The summed E-state index contributed by atoms with van der Waals surface area (Å²) in [5.74, 6) is -1.16. The quantitative estimate of drug-likeness (QED) is 0.696. The van der Waals surface area contributed by atoms with Gasteiger partial charge in [0.15, 0.2) is 0 Å². The second-order valence-electron chi connectivity index (χ2n) is 4.23. The van der Waals surface area contributed by atoms with Gasteiger partial charge in [0.05, 0.1) is 5.92 Å². The fourth-order valence-corrected chi connectivity index (χ4v) is 2.23. The number of fused-ring (bicyclic) bond motifs is 1. The number of para-hydroxylation sites is 1. The first-order valence-electron chi connectivity index (χ1n) is 5.19. The summed E-state index contributed by atoms with van der Waals surface area (Å²) < 4.78 is 39.2. The van der Waals surface area contributed by atoms with E-state index in [1.54, 1.807) is 10.8 Å². The lowest BCUT2D eigenvalue weighted by molar-refractivity contribution is -0.150. The number of aromatic nitrogens is 1. The monoisotopic (exact) mass is 225 g/mol. The zero-order chi connectivity index (χ0) is 11.3. The predicted octanol–water partition coefficient (Wildman–Crippen LogP) is 3.76. The molecule has 2 atom stereocenters. The van der Waals surface area contributed by atoms with Crippen molar-refractivity contribution in [2.45, 2.75) is 18.6 Å². The fraction of sp³-hybridized carbons (Fsp3) is 0.333. The van der Waals surface area contributed by atoms with Crippen LogP contribution in [0.1, 0.15) is 12.5 Å². The Morgan fingerprint density at radius 2 is 1.88 bits per heavy atom. The molecule has 1 aromatic heterocycles. The number of hydrogen-bond acceptors (Lipinski definition) is 0. The van der Waals surface area contributed by atoms with E-state index in [-0.39, 0.29) is 6.42 Å². The third-order valence-corrected chi connectivity index (χ3v) is 3.16. The molecule has 0 N–H and O–H groups in total. The molecule has 0 aliphatic heterocycles. The Labute approximate surface area is 90.5 Å². The van der Waals surface area contributed by atoms with Crippen LogP contribution in [0.15, 0.2) is 36.5 Å². The Balaban J connectivity index is 1.97. The normalized spacial score (nSPS) is 24.9. The Kier molecular flexibility index (Phi) is 1.85. The molecule has 2 aromatic rings. The highest BCUT2D eigenvalue weighted by atomic mass is 19.4. The van der Waals surface area contributed by atoms with Gasteiger partial charge in [0.1, 0.15) is 0 Å². The van der Waals surface area contributed by atoms with Crippen molar-refractivity contribution < 1.29 is 13.2 Å². The summed E-state index contributed by atoms with van der Waals surface area (Å²) in [5, 5.41) is 0.996. The molecule has 0 unspecified atom stereocenters. The van der Waals surface area contributed by atoms with Crippen molar-refractivity contribution in [3.05, 3.63) is 36.5 Å². The molecule has 1 saturated carbocycles. The Hall–Kier alpha value is -1.45. The van der Waals surface area contributed by atoms with Crippen LogP contribution in [0.2, 0.25) is 0 Å². The van der Waals surface area contributed by atoms with Gasteiger partial charge in [0, 0.05) is 17.8 Å². The molecule has 0 saturated heterocycles. The number of halogens is 3. The highest BCUT2D eigenvalue weighted by Gasteiger charge is 2.56. The third kappa shape index (κ3) is 1.40. The van der Waals surface area contributed by atoms with E-state index in [1.807, 2.05) is 30.3 Å². The first-order valence-corrected chi connectivity index (χ1v) is 5.19. The molecule has 4 heteroatoms. The number of nitrogens with zero attached hydrogens (tertiary/aromatic N) is 1. The van der Waals surface area contributed by atoms with Gasteiger partial charge in [-0.3, -0.25) is 0 Å². The Bertz CT molecular complexity index is 526. The van der Waals surface area contributed by atoms with Crippen LogP contribution in [-0.4, -0.2) is 10.7 Å². The lowest BCUT2D eigenvalue weighted by Gasteiger charge is -2.07. The third-order valence-electron chi connectivity index (χ3n) is 3.16. The van der Waals surface area contributed by atoms with Crippen LogP contribution in [0.4, 0.5) is 13.2 Å². The Morgan fingerprint density at radius 1 is 1.12 bits per heavy atom. The van der Waals surface area contributed by atoms with E-state index in [9.17, 15) is 13.2 Å². The average Bonchev–Trinajstić information content (AvgIpc) is 2.92. The van der Waals surface area contributed by atoms with Gasteiger partial charge in [-0.15, -0.1) is 0 Å². The zero-order valence-electron chi connectivity index (χ0n) is 8.41. The van der Waals surface area contributed by atoms with Crippen LogP contribution in [0.3, 0.4) is 0 Å². The van der Waals surface area contributed by atoms with E-state index in [4.69, 9.17) is 0 Å². The molecular formula is C12H10F3N. The van der Waals surface area contributed by atoms with Crippen LogP contribution in [0.5, 0.6) is 0 Å². The standard InChI is InChI=1S/C12H10F3N/c13-12(14,15)9-7-11(9)16-6-5-8-3-1-2-4-10(8)16/h1-6,9,11H,7H2/t9-,11-/m1/s1. The maximum absolute atomic E-state index is 12.5. The van der Waals surface area contributed by atoms with Crippen LogP contribution in [-0.2, 0) is 0 Å². The molecule has 0 radical (unpaired) electrons. The van der Waals surface area contributed by atoms with Gasteiger partial charge in [0.25, 0.3) is 0 Å². The highest BCUT2D eigenvalue weighted by molar-refractivity contribution is 5.80. The second kappa shape index (κ2) is 3.03. The van der Waals surface area contributed by atoms with Crippen molar-refractivity contribution in [2.75, 3.05) is 0 Å². The van der Waals surface area contributed by atoms with Crippen molar-refractivity contribution >= 4 is 10.9 Å². The van der Waals surface area contributed by atoms with Crippen molar-refractivity contribution in [3.63, 3.8) is 0 Å². The maximum Gasteiger partial charge on any atom is 0.393 e. The molecule has 1 fully saturated rings. The molecule has 1 aromatic carbocycles. The molecule has 1 aliphatic rings. The number of alkyl halides is 3. The van der Waals surface area contributed by atoms with Gasteiger partial charge in [0.2, 0.25) is 0 Å². The largest absolute Gasteiger partial charge is 0.393 e. The summed E-state index contributed by atoms with van der Waals surface area (Å²) in [7, 11) is 0. The summed E-state index contributed by atoms with van der Waals surface area (Å²) in [6.45, 7) is 0. The minimum Gasteiger partial charge on any atom is -0.344 e. The molecule has 1 heterocycles. The van der Waals surface area contributed by atoms with Gasteiger partial charge < -0.3 is 4.57 Å². The van der Waals surface area contributed by atoms with E-state index in [1.165, 1.54) is 0 Å². The van der Waals surface area contributed by atoms with Gasteiger partial charge in [-0.05, 0) is 23.9 Å². The minimum absolute atomic E-state index is 0.210. The van der Waals surface area contributed by atoms with Crippen LogP contribution >= 0.6 is 0 Å². The van der Waals surface area contributed by atoms with Gasteiger partial charge in [-0.2, -0.15) is 13.2 Å². The van der Waals surface area contributed by atoms with Crippen molar-refractivity contribution in [1.29, 1.82) is 0 Å². The summed E-state index contributed by atoms with van der Waals surface area (Å²) in [6.07, 6.45) is -2.10. The first-order chi connectivity index (χ1) is 7.57. The maximum atomic E-state index is 12.5. The van der Waals surface area contributed by atoms with Gasteiger partial charge in [-0.1, -0.05) is 18.2 Å². The zero-order valence-corrected chi connectivity index (χ0v) is 8.41. The summed E-state index contributed by atoms with van der Waals surface area (Å²) in [6, 6.07) is 8.98. The number of rotatable bonds is 1. The van der Waals surface area contributed by atoms with Crippen LogP contribution in [0.25, 0.3) is 10.9 Å². The molecule has 84 valence electrons. The molecule has 3 rings (SSSR count). The van der Waals surface area contributed by atoms with Crippen molar-refractivity contribution in [3.8, 4) is 0 Å². The molecular weight excluding hydrogens is 215 g/mol. The van der Waals surface area contributed by atoms with E-state index < -0.39 is 18.1 Å².